The van der Waals surface area contributed by atoms with Crippen molar-refractivity contribution in [3.05, 3.63) is 52.0 Å². The van der Waals surface area contributed by atoms with Crippen molar-refractivity contribution in [3.63, 3.8) is 0 Å². The van der Waals surface area contributed by atoms with Gasteiger partial charge in [0.25, 0.3) is 0 Å². The molecule has 0 bridgehead atoms. The van der Waals surface area contributed by atoms with E-state index in [1.165, 1.54) is 36.1 Å². The molecule has 3 aromatic rings. The molecule has 6 nitrogen and oxygen atoms in total. The van der Waals surface area contributed by atoms with Crippen LogP contribution in [0.25, 0.3) is 16.6 Å². The van der Waals surface area contributed by atoms with Crippen LogP contribution in [-0.4, -0.2) is 43.7 Å². The number of hydrogen-bond acceptors (Lipinski definition) is 4. The second-order valence-corrected chi connectivity index (χ2v) is 9.52. The minimum Gasteiger partial charge on any atom is -0.481 e. The predicted octanol–water partition coefficient (Wildman–Crippen LogP) is 5.50. The molecule has 4 rings (SSSR count). The number of carboxylic acid groups (broad SMARTS) is 1. The van der Waals surface area contributed by atoms with E-state index in [1.807, 2.05) is 6.20 Å². The Morgan fingerprint density at radius 2 is 1.97 bits per heavy atom. The zero-order valence-electron chi connectivity index (χ0n) is 18.7. The van der Waals surface area contributed by atoms with Crippen LogP contribution < -0.4 is 0 Å². The molecule has 32 heavy (non-hydrogen) atoms. The van der Waals surface area contributed by atoms with E-state index in [2.05, 4.69) is 55.5 Å². The number of hydrogen-bond donors (Lipinski definition) is 1. The molecule has 1 aliphatic rings. The van der Waals surface area contributed by atoms with Gasteiger partial charge in [-0.25, -0.2) is 4.52 Å². The Hall–Kier alpha value is -2.25. The highest BCUT2D eigenvalue weighted by atomic mass is 79.9. The first kappa shape index (κ1) is 22.9. The second kappa shape index (κ2) is 10.6. The first-order valence-corrected chi connectivity index (χ1v) is 12.4. The van der Waals surface area contributed by atoms with Crippen LogP contribution in [0.15, 0.2) is 35.1 Å². The minimum atomic E-state index is -0.734. The van der Waals surface area contributed by atoms with Gasteiger partial charge in [-0.05, 0) is 91.3 Å². The Kier molecular flexibility index (Phi) is 7.58. The highest BCUT2D eigenvalue weighted by Crippen LogP contribution is 2.34. The lowest BCUT2D eigenvalue weighted by molar-refractivity contribution is -0.137. The van der Waals surface area contributed by atoms with E-state index in [-0.39, 0.29) is 6.42 Å². The molecule has 4 heterocycles. The Morgan fingerprint density at radius 3 is 2.69 bits per heavy atom. The number of rotatable bonds is 9. The van der Waals surface area contributed by atoms with E-state index in [0.717, 1.165) is 60.1 Å². The van der Waals surface area contributed by atoms with Gasteiger partial charge in [-0.15, -0.1) is 0 Å². The molecule has 0 aliphatic carbocycles. The standard InChI is InChI=1S/C25H31BrN4O2/c1-2-20-10-11-23-25(18-14-19(26)16-27-15-18)21(8-4-5-9-24(31)32)22(28-30(20)23)17-29-12-6-3-7-13-29/h10-11,14-16H,2-9,12-13,17H2,1H3,(H,31,32). The van der Waals surface area contributed by atoms with Gasteiger partial charge in [0.05, 0.1) is 11.2 Å². The summed E-state index contributed by atoms with van der Waals surface area (Å²) in [5.74, 6) is -0.734. The van der Waals surface area contributed by atoms with Crippen LogP contribution in [-0.2, 0) is 24.2 Å². The van der Waals surface area contributed by atoms with Gasteiger partial charge in [-0.1, -0.05) is 13.3 Å². The van der Waals surface area contributed by atoms with Gasteiger partial charge in [0, 0.05) is 46.7 Å². The number of likely N-dealkylation sites (tertiary alicyclic amines) is 1. The van der Waals surface area contributed by atoms with Crippen LogP contribution in [0.2, 0.25) is 0 Å². The van der Waals surface area contributed by atoms with E-state index in [0.29, 0.717) is 6.42 Å². The fraction of sp³-hybridized carbons (Fsp3) is 0.480. The normalized spacial score (nSPS) is 14.8. The Bertz CT molecular complexity index is 1090. The molecule has 3 aromatic heterocycles. The number of nitrogens with zero attached hydrogens (tertiary/aromatic N) is 4. The van der Waals surface area contributed by atoms with Crippen LogP contribution in [0, 0.1) is 0 Å². The van der Waals surface area contributed by atoms with Crippen molar-refractivity contribution in [3.8, 4) is 11.1 Å². The maximum absolute atomic E-state index is 11.0. The highest BCUT2D eigenvalue weighted by molar-refractivity contribution is 9.10. The Labute approximate surface area is 197 Å². The van der Waals surface area contributed by atoms with E-state index >= 15 is 0 Å². The van der Waals surface area contributed by atoms with Gasteiger partial charge < -0.3 is 5.11 Å². The van der Waals surface area contributed by atoms with Gasteiger partial charge in [0.2, 0.25) is 0 Å². The highest BCUT2D eigenvalue weighted by Gasteiger charge is 2.21. The van der Waals surface area contributed by atoms with Crippen LogP contribution in [0.5, 0.6) is 0 Å². The molecule has 0 amide bonds. The fourth-order valence-electron chi connectivity index (χ4n) is 4.70. The maximum atomic E-state index is 11.0. The number of carboxylic acids is 1. The molecule has 0 saturated carbocycles. The third-order valence-electron chi connectivity index (χ3n) is 6.31. The summed E-state index contributed by atoms with van der Waals surface area (Å²) in [7, 11) is 0. The molecule has 1 N–H and O–H groups in total. The van der Waals surface area contributed by atoms with E-state index in [4.69, 9.17) is 10.2 Å². The molecule has 7 heteroatoms. The molecule has 0 atom stereocenters. The molecular formula is C25H31BrN4O2. The molecule has 0 aromatic carbocycles. The van der Waals surface area contributed by atoms with Crippen molar-refractivity contribution >= 4 is 27.4 Å². The van der Waals surface area contributed by atoms with Crippen LogP contribution in [0.3, 0.4) is 0 Å². The molecule has 0 spiro atoms. The predicted molar refractivity (Wildman–Crippen MR) is 130 cm³/mol. The summed E-state index contributed by atoms with van der Waals surface area (Å²) in [6, 6.07) is 6.44. The molecule has 1 saturated heterocycles. The van der Waals surface area contributed by atoms with Crippen molar-refractivity contribution in [2.45, 2.75) is 64.8 Å². The van der Waals surface area contributed by atoms with E-state index in [1.54, 1.807) is 6.20 Å². The van der Waals surface area contributed by atoms with Crippen molar-refractivity contribution in [1.29, 1.82) is 0 Å². The van der Waals surface area contributed by atoms with Gasteiger partial charge in [-0.3, -0.25) is 14.7 Å². The maximum Gasteiger partial charge on any atom is 0.303 e. The van der Waals surface area contributed by atoms with Gasteiger partial charge >= 0.3 is 5.97 Å². The number of halogens is 1. The second-order valence-electron chi connectivity index (χ2n) is 8.61. The Balaban J connectivity index is 1.83. The third-order valence-corrected chi connectivity index (χ3v) is 6.74. The first-order valence-electron chi connectivity index (χ1n) is 11.6. The fourth-order valence-corrected chi connectivity index (χ4v) is 5.07. The average molecular weight is 499 g/mol. The van der Waals surface area contributed by atoms with Gasteiger partial charge in [0.1, 0.15) is 0 Å². The van der Waals surface area contributed by atoms with Crippen molar-refractivity contribution in [1.82, 2.24) is 19.5 Å². The van der Waals surface area contributed by atoms with Crippen molar-refractivity contribution in [2.75, 3.05) is 13.1 Å². The average Bonchev–Trinajstić information content (AvgIpc) is 3.19. The summed E-state index contributed by atoms with van der Waals surface area (Å²) in [6.45, 7) is 5.21. The lowest BCUT2D eigenvalue weighted by Gasteiger charge is -2.27. The molecule has 0 unspecified atom stereocenters. The van der Waals surface area contributed by atoms with E-state index < -0.39 is 5.97 Å². The number of piperidine rings is 1. The number of aliphatic carboxylic acids is 1. The summed E-state index contributed by atoms with van der Waals surface area (Å²) in [4.78, 5) is 18.0. The lowest BCUT2D eigenvalue weighted by Crippen LogP contribution is -2.30. The number of carbonyl (C=O) groups is 1. The molecule has 1 fully saturated rings. The minimum absolute atomic E-state index is 0.204. The topological polar surface area (TPSA) is 70.7 Å². The summed E-state index contributed by atoms with van der Waals surface area (Å²) < 4.78 is 3.05. The largest absolute Gasteiger partial charge is 0.481 e. The molecule has 170 valence electrons. The molecule has 1 aliphatic heterocycles. The molecular weight excluding hydrogens is 468 g/mol. The van der Waals surface area contributed by atoms with Gasteiger partial charge in [-0.2, -0.15) is 5.10 Å². The third kappa shape index (κ3) is 5.21. The zero-order chi connectivity index (χ0) is 22.5. The monoisotopic (exact) mass is 498 g/mol. The zero-order valence-corrected chi connectivity index (χ0v) is 20.3. The number of aromatic nitrogens is 3. The number of unbranched alkanes of at least 4 members (excludes halogenated alkanes) is 1. The van der Waals surface area contributed by atoms with Crippen LogP contribution in [0.1, 0.15) is 62.4 Å². The van der Waals surface area contributed by atoms with Crippen LogP contribution in [0.4, 0.5) is 0 Å². The lowest BCUT2D eigenvalue weighted by atomic mass is 9.94. The summed E-state index contributed by atoms with van der Waals surface area (Å²) in [5.41, 5.74) is 6.88. The summed E-state index contributed by atoms with van der Waals surface area (Å²) >= 11 is 3.59. The van der Waals surface area contributed by atoms with Gasteiger partial charge in [0.15, 0.2) is 0 Å². The SMILES string of the molecule is CCc1ccc2c(-c3cncc(Br)c3)c(CCCCC(=O)O)c(CN3CCCCC3)nn12. The Morgan fingerprint density at radius 1 is 1.16 bits per heavy atom. The number of pyridine rings is 1. The van der Waals surface area contributed by atoms with Crippen molar-refractivity contribution in [2.24, 2.45) is 0 Å². The van der Waals surface area contributed by atoms with Crippen molar-refractivity contribution < 1.29 is 9.90 Å². The molecule has 0 radical (unpaired) electrons. The quantitative estimate of drug-likeness (QED) is 0.394. The smallest absolute Gasteiger partial charge is 0.303 e. The number of fused-ring (bicyclic) bond motifs is 1. The van der Waals surface area contributed by atoms with Crippen LogP contribution >= 0.6 is 15.9 Å². The summed E-state index contributed by atoms with van der Waals surface area (Å²) in [6.07, 6.45) is 10.9. The van der Waals surface area contributed by atoms with E-state index in [9.17, 15) is 4.79 Å². The number of aryl methyl sites for hydroxylation is 1. The first-order chi connectivity index (χ1) is 15.6. The summed E-state index contributed by atoms with van der Waals surface area (Å²) in [5, 5.41) is 14.2.